The number of rotatable bonds is 5. The van der Waals surface area contributed by atoms with Crippen LogP contribution >= 0.6 is 0 Å². The van der Waals surface area contributed by atoms with Crippen molar-refractivity contribution in [1.29, 1.82) is 0 Å². The maximum Gasteiger partial charge on any atom is 0.317 e. The molecule has 0 aromatic carbocycles. The molecular formula is C10H14O3. The molecule has 1 aliphatic carbocycles. The average molecular weight is 182 g/mol. The van der Waals surface area contributed by atoms with Crippen molar-refractivity contribution in [1.82, 2.24) is 0 Å². The molecule has 0 aliphatic heterocycles. The first kappa shape index (κ1) is 9.96. The van der Waals surface area contributed by atoms with Crippen molar-refractivity contribution in [3.05, 3.63) is 12.7 Å². The van der Waals surface area contributed by atoms with Crippen molar-refractivity contribution >= 4 is 11.8 Å². The van der Waals surface area contributed by atoms with Crippen molar-refractivity contribution < 1.29 is 14.7 Å². The van der Waals surface area contributed by atoms with E-state index in [-0.39, 0.29) is 11.7 Å². The topological polar surface area (TPSA) is 54.4 Å². The number of hydrogen-bond acceptors (Lipinski definition) is 2. The largest absolute Gasteiger partial charge is 0.480 e. The first-order valence-corrected chi connectivity index (χ1v) is 4.48. The Hall–Kier alpha value is -1.12. The van der Waals surface area contributed by atoms with Crippen LogP contribution in [0.3, 0.4) is 0 Å². The molecule has 0 heterocycles. The summed E-state index contributed by atoms with van der Waals surface area (Å²) in [7, 11) is 0. The van der Waals surface area contributed by atoms with Gasteiger partial charge in [0.25, 0.3) is 0 Å². The molecular weight excluding hydrogens is 168 g/mol. The van der Waals surface area contributed by atoms with E-state index in [0.717, 1.165) is 0 Å². The highest BCUT2D eigenvalue weighted by Crippen LogP contribution is 2.54. The van der Waals surface area contributed by atoms with Gasteiger partial charge in [-0.25, -0.2) is 0 Å². The summed E-state index contributed by atoms with van der Waals surface area (Å²) >= 11 is 0. The van der Waals surface area contributed by atoms with Crippen molar-refractivity contribution in [3.63, 3.8) is 0 Å². The number of carbonyl (C=O) groups excluding carboxylic acids is 1. The normalized spacial score (nSPS) is 31.0. The Bertz CT molecular complexity index is 257. The van der Waals surface area contributed by atoms with E-state index in [0.29, 0.717) is 19.3 Å². The molecule has 1 aliphatic rings. The summed E-state index contributed by atoms with van der Waals surface area (Å²) in [5.41, 5.74) is -1.11. The summed E-state index contributed by atoms with van der Waals surface area (Å²) in [6.45, 7) is 5.40. The minimum atomic E-state index is -1.11. The van der Waals surface area contributed by atoms with Crippen LogP contribution in [-0.4, -0.2) is 16.9 Å². The monoisotopic (exact) mass is 182 g/mol. The summed E-state index contributed by atoms with van der Waals surface area (Å²) in [6, 6.07) is 0. The van der Waals surface area contributed by atoms with Crippen LogP contribution in [0.4, 0.5) is 0 Å². The van der Waals surface area contributed by atoms with Gasteiger partial charge >= 0.3 is 5.97 Å². The second kappa shape index (κ2) is 3.32. The van der Waals surface area contributed by atoms with Crippen LogP contribution in [0.2, 0.25) is 0 Å². The van der Waals surface area contributed by atoms with Crippen LogP contribution in [0.15, 0.2) is 12.7 Å². The number of carboxylic acids is 1. The first-order valence-electron chi connectivity index (χ1n) is 4.48. The van der Waals surface area contributed by atoms with E-state index in [1.54, 1.807) is 6.08 Å². The summed E-state index contributed by atoms with van der Waals surface area (Å²) in [5.74, 6) is -1.28. The lowest BCUT2D eigenvalue weighted by molar-refractivity contribution is -0.148. The number of hydrogen-bond donors (Lipinski definition) is 1. The molecule has 0 bridgehead atoms. The SMILES string of the molecule is C=CC1CC1(C(=O)O)C(=O)CCC. The highest BCUT2D eigenvalue weighted by Gasteiger charge is 2.63. The Labute approximate surface area is 77.4 Å². The maximum absolute atomic E-state index is 11.5. The summed E-state index contributed by atoms with van der Waals surface area (Å²) in [5, 5.41) is 8.93. The van der Waals surface area contributed by atoms with E-state index >= 15 is 0 Å². The Balaban J connectivity index is 2.77. The molecule has 2 unspecified atom stereocenters. The lowest BCUT2D eigenvalue weighted by Crippen LogP contribution is -2.27. The molecule has 0 aromatic heterocycles. The van der Waals surface area contributed by atoms with Gasteiger partial charge in [-0.05, 0) is 12.8 Å². The average Bonchev–Trinajstić information content (AvgIpc) is 2.79. The van der Waals surface area contributed by atoms with E-state index < -0.39 is 11.4 Å². The summed E-state index contributed by atoms with van der Waals surface area (Å²) in [6.07, 6.45) is 3.07. The number of carboxylic acid groups (broad SMARTS) is 1. The molecule has 72 valence electrons. The van der Waals surface area contributed by atoms with Gasteiger partial charge in [0.1, 0.15) is 5.41 Å². The van der Waals surface area contributed by atoms with Crippen LogP contribution in [0.25, 0.3) is 0 Å². The molecule has 0 aromatic rings. The van der Waals surface area contributed by atoms with E-state index in [9.17, 15) is 9.59 Å². The number of ketones is 1. The van der Waals surface area contributed by atoms with E-state index in [4.69, 9.17) is 5.11 Å². The van der Waals surface area contributed by atoms with E-state index in [2.05, 4.69) is 6.58 Å². The molecule has 0 radical (unpaired) electrons. The molecule has 1 N–H and O–H groups in total. The lowest BCUT2D eigenvalue weighted by Gasteiger charge is -2.08. The Morgan fingerprint density at radius 3 is 2.62 bits per heavy atom. The van der Waals surface area contributed by atoms with Gasteiger partial charge in [-0.15, -0.1) is 6.58 Å². The molecule has 1 rings (SSSR count). The highest BCUT2D eigenvalue weighted by atomic mass is 16.4. The smallest absolute Gasteiger partial charge is 0.317 e. The summed E-state index contributed by atoms with van der Waals surface area (Å²) in [4.78, 5) is 22.4. The third kappa shape index (κ3) is 1.39. The molecule has 13 heavy (non-hydrogen) atoms. The second-order valence-corrected chi connectivity index (χ2v) is 3.50. The highest BCUT2D eigenvalue weighted by molar-refractivity contribution is 6.06. The standard InChI is InChI=1S/C10H14O3/c1-3-5-8(11)10(9(12)13)6-7(10)4-2/h4,7H,2-3,5-6H2,1H3,(H,12,13). The number of Topliss-reactive ketones (excluding diaryl/α,β-unsaturated/α-hetero) is 1. The van der Waals surface area contributed by atoms with Crippen LogP contribution in [-0.2, 0) is 9.59 Å². The van der Waals surface area contributed by atoms with Gasteiger partial charge in [0.15, 0.2) is 5.78 Å². The second-order valence-electron chi connectivity index (χ2n) is 3.50. The molecule has 0 spiro atoms. The fraction of sp³-hybridized carbons (Fsp3) is 0.600. The predicted octanol–water partition coefficient (Wildman–Crippen LogP) is 1.63. The zero-order valence-electron chi connectivity index (χ0n) is 7.75. The van der Waals surface area contributed by atoms with Crippen molar-refractivity contribution in [2.45, 2.75) is 26.2 Å². The molecule has 0 amide bonds. The Kier molecular flexibility index (Phi) is 2.55. The van der Waals surface area contributed by atoms with Crippen molar-refractivity contribution in [2.75, 3.05) is 0 Å². The number of aliphatic carboxylic acids is 1. The quantitative estimate of drug-likeness (QED) is 0.519. The van der Waals surface area contributed by atoms with Crippen LogP contribution < -0.4 is 0 Å². The van der Waals surface area contributed by atoms with Crippen molar-refractivity contribution in [3.8, 4) is 0 Å². The molecule has 0 saturated heterocycles. The fourth-order valence-electron chi connectivity index (χ4n) is 1.71. The van der Waals surface area contributed by atoms with Crippen LogP contribution in [0, 0.1) is 11.3 Å². The van der Waals surface area contributed by atoms with Gasteiger partial charge in [-0.1, -0.05) is 13.0 Å². The minimum Gasteiger partial charge on any atom is -0.480 e. The van der Waals surface area contributed by atoms with Crippen LogP contribution in [0.1, 0.15) is 26.2 Å². The molecule has 1 fully saturated rings. The third-order valence-electron chi connectivity index (χ3n) is 2.66. The van der Waals surface area contributed by atoms with Gasteiger partial charge in [0.05, 0.1) is 0 Å². The van der Waals surface area contributed by atoms with Gasteiger partial charge in [0.2, 0.25) is 0 Å². The fourth-order valence-corrected chi connectivity index (χ4v) is 1.71. The lowest BCUT2D eigenvalue weighted by atomic mass is 9.95. The predicted molar refractivity (Wildman–Crippen MR) is 48.3 cm³/mol. The van der Waals surface area contributed by atoms with Gasteiger partial charge in [-0.2, -0.15) is 0 Å². The van der Waals surface area contributed by atoms with Crippen LogP contribution in [0.5, 0.6) is 0 Å². The minimum absolute atomic E-state index is 0.146. The molecule has 3 heteroatoms. The van der Waals surface area contributed by atoms with E-state index in [1.807, 2.05) is 6.92 Å². The van der Waals surface area contributed by atoms with Crippen molar-refractivity contribution in [2.24, 2.45) is 11.3 Å². The Morgan fingerprint density at radius 1 is 1.69 bits per heavy atom. The number of allylic oxidation sites excluding steroid dienone is 1. The summed E-state index contributed by atoms with van der Waals surface area (Å²) < 4.78 is 0. The Morgan fingerprint density at radius 2 is 2.31 bits per heavy atom. The maximum atomic E-state index is 11.5. The van der Waals surface area contributed by atoms with Gasteiger partial charge in [-0.3, -0.25) is 9.59 Å². The zero-order valence-corrected chi connectivity index (χ0v) is 7.75. The zero-order chi connectivity index (χ0) is 10.1. The van der Waals surface area contributed by atoms with Gasteiger partial charge in [0, 0.05) is 12.3 Å². The van der Waals surface area contributed by atoms with E-state index in [1.165, 1.54) is 0 Å². The van der Waals surface area contributed by atoms with Gasteiger partial charge < -0.3 is 5.11 Å². The third-order valence-corrected chi connectivity index (χ3v) is 2.66. The first-order chi connectivity index (χ1) is 6.09. The molecule has 2 atom stereocenters. The molecule has 1 saturated carbocycles. The number of carbonyl (C=O) groups is 2. The molecule has 3 nitrogen and oxygen atoms in total.